The quantitative estimate of drug-likeness (QED) is 0.300. The Labute approximate surface area is 120 Å². The van der Waals surface area contributed by atoms with E-state index >= 15 is 0 Å². The van der Waals surface area contributed by atoms with E-state index in [1.807, 2.05) is 13.8 Å². The summed E-state index contributed by atoms with van der Waals surface area (Å²) in [6.07, 6.45) is 12.0. The van der Waals surface area contributed by atoms with E-state index in [4.69, 9.17) is 9.05 Å². The Morgan fingerprint density at radius 3 is 1.53 bits per heavy atom. The molecule has 3 nitrogen and oxygen atoms in total. The molecule has 0 aliphatic rings. The van der Waals surface area contributed by atoms with Gasteiger partial charge in [-0.2, -0.15) is 0 Å². The third kappa shape index (κ3) is 11.7. The molecule has 0 aliphatic carbocycles. The maximum absolute atomic E-state index is 12.2. The topological polar surface area (TPSA) is 35.5 Å². The molecule has 0 unspecified atom stereocenters. The predicted molar refractivity (Wildman–Crippen MR) is 83.0 cm³/mol. The first-order chi connectivity index (χ1) is 9.18. The Balaban J connectivity index is 3.47. The lowest BCUT2D eigenvalue weighted by molar-refractivity contribution is 0.219. The fourth-order valence-corrected chi connectivity index (χ4v) is 3.91. The molecule has 0 N–H and O–H groups in total. The van der Waals surface area contributed by atoms with Gasteiger partial charge in [0.1, 0.15) is 0 Å². The van der Waals surface area contributed by atoms with Crippen LogP contribution in [-0.2, 0) is 13.6 Å². The molecule has 0 heterocycles. The van der Waals surface area contributed by atoms with E-state index in [0.29, 0.717) is 19.4 Å². The molecule has 0 rings (SSSR count). The van der Waals surface area contributed by atoms with Crippen LogP contribution in [0.5, 0.6) is 0 Å². The second-order valence-electron chi connectivity index (χ2n) is 5.00. The Kier molecular flexibility index (Phi) is 13.3. The molecule has 0 bridgehead atoms. The van der Waals surface area contributed by atoms with Crippen molar-refractivity contribution in [3.63, 3.8) is 0 Å². The molecule has 0 saturated heterocycles. The van der Waals surface area contributed by atoms with Crippen molar-refractivity contribution in [3.05, 3.63) is 0 Å². The van der Waals surface area contributed by atoms with Gasteiger partial charge < -0.3 is 9.05 Å². The first-order valence-electron chi connectivity index (χ1n) is 8.06. The summed E-state index contributed by atoms with van der Waals surface area (Å²) >= 11 is 0. The maximum atomic E-state index is 12.2. The van der Waals surface area contributed by atoms with Crippen LogP contribution in [0.15, 0.2) is 0 Å². The van der Waals surface area contributed by atoms with Gasteiger partial charge in [0.2, 0.25) is 0 Å². The van der Waals surface area contributed by atoms with Crippen molar-refractivity contribution in [3.8, 4) is 0 Å². The summed E-state index contributed by atoms with van der Waals surface area (Å²) in [7, 11) is -2.79. The normalized spacial score (nSPS) is 11.9. The largest absolute Gasteiger partial charge is 0.330 e. The van der Waals surface area contributed by atoms with Gasteiger partial charge in [-0.25, -0.2) is 0 Å². The fourth-order valence-electron chi connectivity index (χ4n) is 2.18. The van der Waals surface area contributed by atoms with Crippen LogP contribution in [0.3, 0.4) is 0 Å². The van der Waals surface area contributed by atoms with Gasteiger partial charge in [-0.1, -0.05) is 58.3 Å². The van der Waals surface area contributed by atoms with E-state index in [2.05, 4.69) is 6.92 Å². The minimum atomic E-state index is -2.79. The molecule has 0 fully saturated rings. The summed E-state index contributed by atoms with van der Waals surface area (Å²) in [4.78, 5) is 0. The number of rotatable bonds is 14. The molecule has 0 aromatic rings. The third-order valence-electron chi connectivity index (χ3n) is 3.19. The summed E-state index contributed by atoms with van der Waals surface area (Å²) in [6.45, 7) is 6.91. The fraction of sp³-hybridized carbons (Fsp3) is 1.00. The number of hydrogen-bond donors (Lipinski definition) is 0. The highest BCUT2D eigenvalue weighted by molar-refractivity contribution is 7.53. The Morgan fingerprint density at radius 1 is 0.684 bits per heavy atom. The van der Waals surface area contributed by atoms with Crippen molar-refractivity contribution in [1.82, 2.24) is 0 Å². The first kappa shape index (κ1) is 19.1. The van der Waals surface area contributed by atoms with Crippen LogP contribution >= 0.6 is 7.60 Å². The van der Waals surface area contributed by atoms with Crippen molar-refractivity contribution >= 4 is 7.60 Å². The van der Waals surface area contributed by atoms with Crippen LogP contribution in [0, 0.1) is 0 Å². The van der Waals surface area contributed by atoms with Gasteiger partial charge in [0.15, 0.2) is 0 Å². The molecule has 0 amide bonds. The summed E-state index contributed by atoms with van der Waals surface area (Å²) < 4.78 is 22.7. The van der Waals surface area contributed by atoms with Gasteiger partial charge in [-0.15, -0.1) is 0 Å². The van der Waals surface area contributed by atoms with E-state index in [-0.39, 0.29) is 0 Å². The van der Waals surface area contributed by atoms with E-state index in [9.17, 15) is 4.57 Å². The highest BCUT2D eigenvalue weighted by atomic mass is 31.2. The summed E-state index contributed by atoms with van der Waals surface area (Å²) in [5.74, 6) is 0. The van der Waals surface area contributed by atoms with Crippen LogP contribution in [-0.4, -0.2) is 19.4 Å². The molecule has 0 saturated carbocycles. The molecule has 0 aromatic heterocycles. The molecular weight excluding hydrogens is 259 g/mol. The lowest BCUT2D eigenvalue weighted by Gasteiger charge is -2.16. The van der Waals surface area contributed by atoms with Crippen LogP contribution in [0.1, 0.15) is 78.6 Å². The van der Waals surface area contributed by atoms with Gasteiger partial charge in [0.25, 0.3) is 0 Å². The van der Waals surface area contributed by atoms with E-state index in [0.717, 1.165) is 12.8 Å². The van der Waals surface area contributed by atoms with Crippen LogP contribution < -0.4 is 0 Å². The van der Waals surface area contributed by atoms with Gasteiger partial charge in [-0.3, -0.25) is 4.57 Å². The summed E-state index contributed by atoms with van der Waals surface area (Å²) in [5.41, 5.74) is 0. The van der Waals surface area contributed by atoms with Gasteiger partial charge >= 0.3 is 7.60 Å². The molecule has 0 aliphatic heterocycles. The second kappa shape index (κ2) is 13.1. The van der Waals surface area contributed by atoms with Crippen molar-refractivity contribution in [2.24, 2.45) is 0 Å². The SMILES string of the molecule is CCCCCCCCCCCP(=O)(OCC)OCC. The zero-order valence-corrected chi connectivity index (χ0v) is 14.1. The van der Waals surface area contributed by atoms with E-state index in [1.54, 1.807) is 0 Å². The lowest BCUT2D eigenvalue weighted by Crippen LogP contribution is -2.00. The maximum Gasteiger partial charge on any atom is 0.330 e. The minimum absolute atomic E-state index is 0.467. The van der Waals surface area contributed by atoms with E-state index in [1.165, 1.54) is 44.9 Å². The van der Waals surface area contributed by atoms with Crippen LogP contribution in [0.2, 0.25) is 0 Å². The molecule has 0 radical (unpaired) electrons. The predicted octanol–water partition coefficient (Wildman–Crippen LogP) is 5.78. The molecule has 0 aromatic carbocycles. The Hall–Kier alpha value is 0.150. The number of unbranched alkanes of at least 4 members (excludes halogenated alkanes) is 8. The third-order valence-corrected chi connectivity index (χ3v) is 5.35. The molecule has 4 heteroatoms. The molecule has 116 valence electrons. The molecule has 0 spiro atoms. The molecular formula is C15H33O3P. The summed E-state index contributed by atoms with van der Waals surface area (Å²) in [5, 5.41) is 0. The smallest absolute Gasteiger partial charge is 0.309 e. The van der Waals surface area contributed by atoms with Crippen molar-refractivity contribution in [2.45, 2.75) is 78.6 Å². The minimum Gasteiger partial charge on any atom is -0.309 e. The van der Waals surface area contributed by atoms with E-state index < -0.39 is 7.60 Å². The summed E-state index contributed by atoms with van der Waals surface area (Å²) in [6, 6.07) is 0. The highest BCUT2D eigenvalue weighted by Crippen LogP contribution is 2.48. The second-order valence-corrected chi connectivity index (χ2v) is 7.18. The zero-order chi connectivity index (χ0) is 14.4. The van der Waals surface area contributed by atoms with Gasteiger partial charge in [0.05, 0.1) is 19.4 Å². The Morgan fingerprint density at radius 2 is 1.11 bits per heavy atom. The monoisotopic (exact) mass is 292 g/mol. The average Bonchev–Trinajstić information content (AvgIpc) is 2.37. The van der Waals surface area contributed by atoms with Crippen molar-refractivity contribution < 1.29 is 13.6 Å². The molecule has 0 atom stereocenters. The van der Waals surface area contributed by atoms with Crippen LogP contribution in [0.25, 0.3) is 0 Å². The zero-order valence-electron chi connectivity index (χ0n) is 13.2. The standard InChI is InChI=1S/C15H33O3P/c1-4-7-8-9-10-11-12-13-14-15-19(16,17-5-2)18-6-3/h4-15H2,1-3H3. The average molecular weight is 292 g/mol. The van der Waals surface area contributed by atoms with Gasteiger partial charge in [0, 0.05) is 0 Å². The Bertz CT molecular complexity index is 221. The van der Waals surface area contributed by atoms with Crippen molar-refractivity contribution in [1.29, 1.82) is 0 Å². The van der Waals surface area contributed by atoms with Crippen molar-refractivity contribution in [2.75, 3.05) is 19.4 Å². The molecule has 19 heavy (non-hydrogen) atoms. The van der Waals surface area contributed by atoms with Crippen LogP contribution in [0.4, 0.5) is 0 Å². The van der Waals surface area contributed by atoms with Gasteiger partial charge in [-0.05, 0) is 20.3 Å². The first-order valence-corrected chi connectivity index (χ1v) is 9.79. The number of hydrogen-bond acceptors (Lipinski definition) is 3. The lowest BCUT2D eigenvalue weighted by atomic mass is 10.1. The highest BCUT2D eigenvalue weighted by Gasteiger charge is 2.22.